The van der Waals surface area contributed by atoms with Crippen molar-refractivity contribution in [3.05, 3.63) is 64.8 Å². The minimum atomic E-state index is -4.52. The van der Waals surface area contributed by atoms with E-state index in [9.17, 15) is 22.4 Å². The molecule has 0 atom stereocenters. The number of carbonyl (C=O) groups is 1. The summed E-state index contributed by atoms with van der Waals surface area (Å²) in [7, 11) is 0. The maximum absolute atomic E-state index is 13.5. The first-order valence-electron chi connectivity index (χ1n) is 10.6. The number of rotatable bonds is 9. The Hall–Kier alpha value is -3.21. The van der Waals surface area contributed by atoms with Gasteiger partial charge in [0.15, 0.2) is 12.4 Å². The van der Waals surface area contributed by atoms with Crippen LogP contribution in [0.2, 0.25) is 5.02 Å². The van der Waals surface area contributed by atoms with Gasteiger partial charge >= 0.3 is 6.18 Å². The number of pyridine rings is 1. The van der Waals surface area contributed by atoms with Crippen LogP contribution in [-0.4, -0.2) is 27.5 Å². The largest absolute Gasteiger partial charge is 0.486 e. The molecule has 2 aromatic heterocycles. The van der Waals surface area contributed by atoms with Crippen LogP contribution >= 0.6 is 11.6 Å². The Labute approximate surface area is 201 Å². The highest BCUT2D eigenvalue weighted by Crippen LogP contribution is 2.74. The van der Waals surface area contributed by atoms with Crippen LogP contribution < -0.4 is 9.47 Å². The Bertz CT molecular complexity index is 1260. The molecule has 3 aromatic rings. The molecule has 0 N–H and O–H groups in total. The SMILES string of the molecule is O=C(COc1ccc(Cl)c(F)c1)CC12CC(c3nc(COc4cncc(C(F)(F)F)c4)no3)(C1)C2. The average Bonchev–Trinajstić information content (AvgIpc) is 3.23. The van der Waals surface area contributed by atoms with Crippen LogP contribution in [0.25, 0.3) is 0 Å². The van der Waals surface area contributed by atoms with E-state index in [1.165, 1.54) is 18.3 Å². The molecular formula is C23H18ClF4N3O4. The second kappa shape index (κ2) is 8.47. The summed E-state index contributed by atoms with van der Waals surface area (Å²) in [6.45, 7) is -0.336. The number of alkyl halides is 3. The van der Waals surface area contributed by atoms with Gasteiger partial charge in [-0.2, -0.15) is 18.2 Å². The predicted molar refractivity (Wildman–Crippen MR) is 112 cm³/mol. The third kappa shape index (κ3) is 4.69. The van der Waals surface area contributed by atoms with Crippen molar-refractivity contribution in [2.75, 3.05) is 6.61 Å². The highest BCUT2D eigenvalue weighted by Gasteiger charge is 2.71. The molecule has 0 radical (unpaired) electrons. The first kappa shape index (κ1) is 23.5. The molecule has 0 spiro atoms. The lowest BCUT2D eigenvalue weighted by molar-refractivity contribution is -0.168. The molecule has 2 heterocycles. The van der Waals surface area contributed by atoms with Crippen molar-refractivity contribution in [3.8, 4) is 11.5 Å². The predicted octanol–water partition coefficient (Wildman–Crippen LogP) is 5.31. The van der Waals surface area contributed by atoms with Gasteiger partial charge < -0.3 is 14.0 Å². The van der Waals surface area contributed by atoms with Crippen molar-refractivity contribution in [2.45, 2.75) is 43.9 Å². The minimum Gasteiger partial charge on any atom is -0.486 e. The number of benzene rings is 1. The highest BCUT2D eigenvalue weighted by molar-refractivity contribution is 6.30. The van der Waals surface area contributed by atoms with Gasteiger partial charge in [-0.1, -0.05) is 16.8 Å². The van der Waals surface area contributed by atoms with E-state index in [0.29, 0.717) is 37.8 Å². The van der Waals surface area contributed by atoms with Gasteiger partial charge in [-0.15, -0.1) is 0 Å². The van der Waals surface area contributed by atoms with E-state index >= 15 is 0 Å². The van der Waals surface area contributed by atoms with Crippen molar-refractivity contribution in [3.63, 3.8) is 0 Å². The van der Waals surface area contributed by atoms with Crippen molar-refractivity contribution < 1.29 is 36.4 Å². The number of hydrogen-bond acceptors (Lipinski definition) is 7. The third-order valence-electron chi connectivity index (χ3n) is 6.33. The van der Waals surface area contributed by atoms with E-state index in [4.69, 9.17) is 25.6 Å². The van der Waals surface area contributed by atoms with Gasteiger partial charge in [-0.3, -0.25) is 9.78 Å². The number of ketones is 1. The topological polar surface area (TPSA) is 87.3 Å². The fourth-order valence-electron chi connectivity index (χ4n) is 4.94. The number of halogens is 5. The molecule has 0 unspecified atom stereocenters. The Morgan fingerprint density at radius 3 is 2.60 bits per heavy atom. The van der Waals surface area contributed by atoms with Gasteiger partial charge in [-0.05, 0) is 42.9 Å². The smallest absolute Gasteiger partial charge is 0.418 e. The monoisotopic (exact) mass is 511 g/mol. The lowest BCUT2D eigenvalue weighted by Gasteiger charge is -2.68. The molecule has 184 valence electrons. The maximum atomic E-state index is 13.5. The molecule has 2 bridgehead atoms. The van der Waals surface area contributed by atoms with E-state index in [0.717, 1.165) is 12.1 Å². The Morgan fingerprint density at radius 2 is 1.89 bits per heavy atom. The number of aromatic nitrogens is 3. The highest BCUT2D eigenvalue weighted by atomic mass is 35.5. The molecule has 3 fully saturated rings. The number of Topliss-reactive ketones (excluding diaryl/α,β-unsaturated/α-hetero) is 1. The molecule has 6 rings (SSSR count). The van der Waals surface area contributed by atoms with Crippen LogP contribution in [0.15, 0.2) is 41.2 Å². The number of nitrogens with zero attached hydrogens (tertiary/aromatic N) is 3. The maximum Gasteiger partial charge on any atom is 0.418 e. The first-order chi connectivity index (χ1) is 16.6. The van der Waals surface area contributed by atoms with Crippen molar-refractivity contribution in [1.82, 2.24) is 15.1 Å². The van der Waals surface area contributed by atoms with Crippen molar-refractivity contribution >= 4 is 17.4 Å². The molecule has 12 heteroatoms. The normalized spacial score (nSPS) is 22.8. The Morgan fingerprint density at radius 1 is 1.11 bits per heavy atom. The number of hydrogen-bond donors (Lipinski definition) is 0. The quantitative estimate of drug-likeness (QED) is 0.359. The van der Waals surface area contributed by atoms with E-state index in [1.807, 2.05) is 0 Å². The molecule has 3 aliphatic carbocycles. The summed E-state index contributed by atoms with van der Waals surface area (Å²) >= 11 is 5.63. The molecule has 0 amide bonds. The van der Waals surface area contributed by atoms with Crippen LogP contribution in [0.1, 0.15) is 43.0 Å². The van der Waals surface area contributed by atoms with Gasteiger partial charge in [0, 0.05) is 18.7 Å². The summed E-state index contributed by atoms with van der Waals surface area (Å²) in [5.74, 6) is 0.0988. The summed E-state index contributed by atoms with van der Waals surface area (Å²) in [6, 6.07) is 4.84. The van der Waals surface area contributed by atoms with Crippen LogP contribution in [0, 0.1) is 11.2 Å². The molecule has 7 nitrogen and oxygen atoms in total. The summed E-state index contributed by atoms with van der Waals surface area (Å²) in [6.07, 6.45) is -0.174. The lowest BCUT2D eigenvalue weighted by atomic mass is 9.34. The molecule has 0 saturated heterocycles. The van der Waals surface area contributed by atoms with Gasteiger partial charge in [0.05, 0.1) is 22.2 Å². The lowest BCUT2D eigenvalue weighted by Crippen LogP contribution is -2.65. The van der Waals surface area contributed by atoms with Gasteiger partial charge in [0.2, 0.25) is 11.7 Å². The zero-order valence-electron chi connectivity index (χ0n) is 18.1. The second-order valence-electron chi connectivity index (χ2n) is 9.10. The third-order valence-corrected chi connectivity index (χ3v) is 6.64. The van der Waals surface area contributed by atoms with E-state index in [1.54, 1.807) is 0 Å². The fraction of sp³-hybridized carbons (Fsp3) is 0.391. The van der Waals surface area contributed by atoms with Crippen molar-refractivity contribution in [1.29, 1.82) is 0 Å². The van der Waals surface area contributed by atoms with Crippen LogP contribution in [-0.2, 0) is 23.0 Å². The van der Waals surface area contributed by atoms with Crippen LogP contribution in [0.5, 0.6) is 11.5 Å². The van der Waals surface area contributed by atoms with E-state index in [-0.39, 0.29) is 52.2 Å². The van der Waals surface area contributed by atoms with E-state index < -0.39 is 17.6 Å². The van der Waals surface area contributed by atoms with Gasteiger partial charge in [0.1, 0.15) is 23.9 Å². The Balaban J connectivity index is 1.10. The molecule has 1 aromatic carbocycles. The van der Waals surface area contributed by atoms with Gasteiger partial charge in [0.25, 0.3) is 0 Å². The molecule has 35 heavy (non-hydrogen) atoms. The average molecular weight is 512 g/mol. The number of ether oxygens (including phenoxy) is 2. The van der Waals surface area contributed by atoms with Crippen LogP contribution in [0.4, 0.5) is 17.6 Å². The zero-order valence-corrected chi connectivity index (χ0v) is 18.8. The van der Waals surface area contributed by atoms with Crippen molar-refractivity contribution in [2.24, 2.45) is 5.41 Å². The van der Waals surface area contributed by atoms with Gasteiger partial charge in [-0.25, -0.2) is 4.39 Å². The second-order valence-corrected chi connectivity index (χ2v) is 9.51. The minimum absolute atomic E-state index is 0.0220. The molecule has 0 aliphatic heterocycles. The molecule has 3 saturated carbocycles. The van der Waals surface area contributed by atoms with E-state index in [2.05, 4.69) is 15.1 Å². The summed E-state index contributed by atoms with van der Waals surface area (Å²) in [5, 5.41) is 3.83. The summed E-state index contributed by atoms with van der Waals surface area (Å²) in [5.41, 5.74) is -1.34. The Kier molecular flexibility index (Phi) is 5.70. The zero-order chi connectivity index (χ0) is 24.8. The van der Waals surface area contributed by atoms with Crippen LogP contribution in [0.3, 0.4) is 0 Å². The summed E-state index contributed by atoms with van der Waals surface area (Å²) in [4.78, 5) is 20.2. The molecule has 3 aliphatic rings. The fourth-order valence-corrected chi connectivity index (χ4v) is 5.06. The standard InChI is InChI=1S/C23H18ClF4N3O4/c24-17-2-1-15(4-18(17)25)33-8-14(32)5-21-10-22(11-21,12-21)20-30-19(31-35-20)9-34-16-3-13(6-29-7-16)23(26,27)28/h1-4,6-7H,5,8-12H2. The molecular weight excluding hydrogens is 494 g/mol. The summed E-state index contributed by atoms with van der Waals surface area (Å²) < 4.78 is 67.9. The first-order valence-corrected chi connectivity index (χ1v) is 11.0. The number of carbonyl (C=O) groups excluding carboxylic acids is 1.